The maximum atomic E-state index is 12.7. The normalized spacial score (nSPS) is 13.7. The third kappa shape index (κ3) is 5.95. The molecule has 0 aliphatic rings. The number of rotatable bonds is 8. The van der Waals surface area contributed by atoms with Crippen LogP contribution >= 0.6 is 0 Å². The Morgan fingerprint density at radius 3 is 2.04 bits per heavy atom. The van der Waals surface area contributed by atoms with E-state index in [9.17, 15) is 4.79 Å². The molecular weight excluding hydrogens is 516 g/mol. The predicted molar refractivity (Wildman–Crippen MR) is 114 cm³/mol. The van der Waals surface area contributed by atoms with Gasteiger partial charge >= 0.3 is 180 Å². The van der Waals surface area contributed by atoms with E-state index < -0.39 is 0 Å². The van der Waals surface area contributed by atoms with E-state index in [4.69, 9.17) is 0 Å². The van der Waals surface area contributed by atoms with E-state index in [1.54, 1.807) is 6.92 Å². The number of carbonyl (C=O) groups is 1. The molecule has 0 bridgehead atoms. The Morgan fingerprint density at radius 1 is 1.00 bits per heavy atom. The van der Waals surface area contributed by atoms with Crippen molar-refractivity contribution in [1.82, 2.24) is 10.2 Å². The first-order chi connectivity index (χ1) is 13.3. The zero-order valence-electron chi connectivity index (χ0n) is 17.2. The summed E-state index contributed by atoms with van der Waals surface area (Å²) in [4.78, 5) is 14.8. The number of benzene rings is 2. The van der Waals surface area contributed by atoms with Crippen LogP contribution in [0.5, 0.6) is 0 Å². The van der Waals surface area contributed by atoms with Crippen LogP contribution in [0.15, 0.2) is 78.0 Å². The number of ketones is 1. The molecule has 0 spiro atoms. The zero-order valence-corrected chi connectivity index (χ0v) is 20.1. The Morgan fingerprint density at radius 2 is 1.54 bits per heavy atom. The van der Waals surface area contributed by atoms with Crippen molar-refractivity contribution in [2.75, 3.05) is 14.1 Å². The van der Waals surface area contributed by atoms with Crippen molar-refractivity contribution in [3.05, 3.63) is 89.1 Å². The standard InChI is InChI=1S/C24H28N2O.W/c1-18(21-12-8-6-9-13-21)25-19(2)24(20(3)27)23(16-17-26(4)5)22-14-10-7-11-15-22;/h6-16,18,25H,1-5H3;/b23-16-,24-19+;. The number of nitrogens with zero attached hydrogens (tertiary/aromatic N) is 1. The average Bonchev–Trinajstić information content (AvgIpc) is 2.68. The van der Waals surface area contributed by atoms with E-state index >= 15 is 0 Å². The molecule has 1 unspecified atom stereocenters. The van der Waals surface area contributed by atoms with Gasteiger partial charge in [-0.05, 0) is 0 Å². The van der Waals surface area contributed by atoms with Crippen LogP contribution in [0.25, 0.3) is 5.57 Å². The molecule has 3 nitrogen and oxygen atoms in total. The number of hydrogen-bond donors (Lipinski definition) is 1. The molecule has 0 saturated heterocycles. The molecule has 0 aromatic heterocycles. The van der Waals surface area contributed by atoms with E-state index in [2.05, 4.69) is 47.5 Å². The number of hydrogen-bond acceptors (Lipinski definition) is 3. The molecule has 0 amide bonds. The minimum atomic E-state index is 0.0573. The maximum absolute atomic E-state index is 12.7. The van der Waals surface area contributed by atoms with E-state index in [1.165, 1.54) is 28.9 Å². The zero-order chi connectivity index (χ0) is 20.7. The Labute approximate surface area is 179 Å². The monoisotopic (exact) mass is 544 g/mol. The van der Waals surface area contributed by atoms with Crippen molar-refractivity contribution in [2.24, 2.45) is 0 Å². The Hall–Kier alpha value is -2.09. The second-order valence-corrected chi connectivity index (χ2v) is 8.49. The molecule has 0 fully saturated rings. The van der Waals surface area contributed by atoms with Crippen LogP contribution in [-0.4, -0.2) is 28.8 Å². The SMILES string of the molecule is CC(=O)C(/C(=C\[C](=[W])N(C)C)c1ccccc1)=C(/C)NC(C)c1ccccc1. The van der Waals surface area contributed by atoms with Gasteiger partial charge in [0, 0.05) is 0 Å². The van der Waals surface area contributed by atoms with Crippen molar-refractivity contribution < 1.29 is 24.1 Å². The molecule has 0 heterocycles. The minimum absolute atomic E-state index is 0.0573. The van der Waals surface area contributed by atoms with Gasteiger partial charge in [0.15, 0.2) is 0 Å². The summed E-state index contributed by atoms with van der Waals surface area (Å²) in [6.07, 6.45) is 2.12. The number of allylic oxidation sites excluding steroid dienone is 3. The summed E-state index contributed by atoms with van der Waals surface area (Å²) in [5.74, 6) is 0.0573. The van der Waals surface area contributed by atoms with Crippen LogP contribution in [0.1, 0.15) is 37.9 Å². The van der Waals surface area contributed by atoms with Gasteiger partial charge in [-0.25, -0.2) is 0 Å². The molecule has 4 heteroatoms. The van der Waals surface area contributed by atoms with Gasteiger partial charge in [0.2, 0.25) is 0 Å². The molecule has 146 valence electrons. The molecule has 2 rings (SSSR count). The fraction of sp³-hybridized carbons (Fsp3) is 0.250. The van der Waals surface area contributed by atoms with E-state index in [0.29, 0.717) is 0 Å². The Bertz CT molecular complexity index is 883. The number of likely N-dealkylation sites (N-methyl/N-ethyl adjacent to an activating group) is 1. The molecule has 0 aliphatic heterocycles. The van der Waals surface area contributed by atoms with E-state index in [0.717, 1.165) is 22.4 Å². The van der Waals surface area contributed by atoms with Gasteiger partial charge in [0.25, 0.3) is 0 Å². The third-order valence-electron chi connectivity index (χ3n) is 4.52. The van der Waals surface area contributed by atoms with Gasteiger partial charge in [0.05, 0.1) is 0 Å². The van der Waals surface area contributed by atoms with Crippen molar-refractivity contribution in [2.45, 2.75) is 26.8 Å². The van der Waals surface area contributed by atoms with Gasteiger partial charge < -0.3 is 0 Å². The molecule has 0 aliphatic carbocycles. The molecule has 0 radical (unpaired) electrons. The molecule has 0 saturated carbocycles. The van der Waals surface area contributed by atoms with Crippen molar-refractivity contribution in [1.29, 1.82) is 0 Å². The van der Waals surface area contributed by atoms with Crippen LogP contribution in [0, 0.1) is 0 Å². The molecule has 28 heavy (non-hydrogen) atoms. The van der Waals surface area contributed by atoms with Crippen LogP contribution in [-0.2, 0) is 24.1 Å². The molecule has 1 N–H and O–H groups in total. The van der Waals surface area contributed by atoms with Crippen molar-refractivity contribution >= 4 is 15.4 Å². The Kier molecular flexibility index (Phi) is 8.29. The van der Waals surface area contributed by atoms with Crippen LogP contribution < -0.4 is 5.32 Å². The van der Waals surface area contributed by atoms with Gasteiger partial charge in [0.1, 0.15) is 0 Å². The Balaban J connectivity index is 2.53. The molecule has 1 atom stereocenters. The van der Waals surface area contributed by atoms with E-state index in [-0.39, 0.29) is 11.8 Å². The number of carbonyl (C=O) groups excluding carboxylic acids is 1. The number of nitrogens with one attached hydrogen (secondary N) is 1. The van der Waals surface area contributed by atoms with Gasteiger partial charge in [-0.1, -0.05) is 0 Å². The van der Waals surface area contributed by atoms with Crippen molar-refractivity contribution in [3.8, 4) is 0 Å². The summed E-state index contributed by atoms with van der Waals surface area (Å²) in [5, 5.41) is 3.53. The first-order valence-electron chi connectivity index (χ1n) is 9.33. The predicted octanol–water partition coefficient (Wildman–Crippen LogP) is 4.52. The topological polar surface area (TPSA) is 32.3 Å². The van der Waals surface area contributed by atoms with Crippen LogP contribution in [0.3, 0.4) is 0 Å². The summed E-state index contributed by atoms with van der Waals surface area (Å²) in [6.45, 7) is 5.75. The first kappa shape index (κ1) is 22.2. The summed E-state index contributed by atoms with van der Waals surface area (Å²) in [7, 11) is 4.06. The fourth-order valence-electron chi connectivity index (χ4n) is 3.05. The molecular formula is C24H28N2OW. The number of Topliss-reactive ketones (excluding diaryl/α,β-unsaturated/α-hetero) is 1. The first-order valence-corrected chi connectivity index (χ1v) is 10.8. The summed E-state index contributed by atoms with van der Waals surface area (Å²) < 4.78 is 1.17. The second-order valence-electron chi connectivity index (χ2n) is 6.99. The third-order valence-corrected chi connectivity index (χ3v) is 6.26. The summed E-state index contributed by atoms with van der Waals surface area (Å²) >= 11 is 1.36. The average molecular weight is 544 g/mol. The van der Waals surface area contributed by atoms with Gasteiger partial charge in [-0.2, -0.15) is 0 Å². The van der Waals surface area contributed by atoms with Crippen LogP contribution in [0.2, 0.25) is 0 Å². The fourth-order valence-corrected chi connectivity index (χ4v) is 3.47. The molecule has 2 aromatic rings. The quantitative estimate of drug-likeness (QED) is 0.392. The van der Waals surface area contributed by atoms with Gasteiger partial charge in [-0.3, -0.25) is 0 Å². The summed E-state index contributed by atoms with van der Waals surface area (Å²) in [5.41, 5.74) is 4.81. The van der Waals surface area contributed by atoms with Crippen LogP contribution in [0.4, 0.5) is 0 Å². The summed E-state index contributed by atoms with van der Waals surface area (Å²) in [6, 6.07) is 20.5. The second kappa shape index (κ2) is 10.5. The van der Waals surface area contributed by atoms with E-state index in [1.807, 2.05) is 57.4 Å². The van der Waals surface area contributed by atoms with Crippen molar-refractivity contribution in [3.63, 3.8) is 0 Å². The molecule has 2 aromatic carbocycles. The van der Waals surface area contributed by atoms with Gasteiger partial charge in [-0.15, -0.1) is 0 Å².